The summed E-state index contributed by atoms with van der Waals surface area (Å²) < 4.78 is 29.6. The number of nitrogens with zero attached hydrogens (tertiary/aromatic N) is 3. The number of phenols is 1. The number of halogens is 2. The van der Waals surface area contributed by atoms with Gasteiger partial charge in [-0.15, -0.1) is 0 Å². The van der Waals surface area contributed by atoms with Gasteiger partial charge < -0.3 is 25.0 Å². The van der Waals surface area contributed by atoms with E-state index in [1.54, 1.807) is 29.2 Å². The topological polar surface area (TPSA) is 77.9 Å². The summed E-state index contributed by atoms with van der Waals surface area (Å²) in [7, 11) is 0. The average Bonchev–Trinajstić information content (AvgIpc) is 2.68. The maximum absolute atomic E-state index is 12.5. The highest BCUT2D eigenvalue weighted by atomic mass is 19.3. The molecule has 1 aliphatic rings. The molecule has 0 spiro atoms. The number of urea groups is 1. The number of pyridine rings is 1. The second-order valence-electron chi connectivity index (χ2n) is 5.95. The van der Waals surface area contributed by atoms with Gasteiger partial charge in [-0.2, -0.15) is 0 Å². The van der Waals surface area contributed by atoms with Gasteiger partial charge in [-0.1, -0.05) is 12.1 Å². The van der Waals surface area contributed by atoms with Crippen LogP contribution in [0.15, 0.2) is 42.6 Å². The first kappa shape index (κ1) is 18.7. The van der Waals surface area contributed by atoms with Crippen LogP contribution < -0.4 is 15.0 Å². The Hall–Kier alpha value is -3.10. The summed E-state index contributed by atoms with van der Waals surface area (Å²) in [6.07, 6.45) is -1.22. The van der Waals surface area contributed by atoms with E-state index in [9.17, 15) is 18.7 Å². The Bertz CT molecular complexity index is 783. The van der Waals surface area contributed by atoms with E-state index in [1.807, 2.05) is 17.0 Å². The Morgan fingerprint density at radius 2 is 1.93 bits per heavy atom. The standard InChI is InChI=1S/C18H20F2N4O3/c19-16(20)12-27-17-13(4-3-7-21-17)22-18(26)24-10-8-23(9-11-24)14-5-1-2-6-15(14)25/h1-7,16,25H,8-12H2,(H,22,26). The fourth-order valence-electron chi connectivity index (χ4n) is 2.82. The molecule has 1 aromatic heterocycles. The molecule has 0 atom stereocenters. The number of amides is 2. The van der Waals surface area contributed by atoms with Crippen molar-refractivity contribution in [3.63, 3.8) is 0 Å². The predicted octanol–water partition coefficient (Wildman–Crippen LogP) is 2.79. The van der Waals surface area contributed by atoms with Crippen LogP contribution in [0.1, 0.15) is 0 Å². The number of alkyl halides is 2. The zero-order chi connectivity index (χ0) is 19.2. The summed E-state index contributed by atoms with van der Waals surface area (Å²) in [5.41, 5.74) is 0.971. The van der Waals surface area contributed by atoms with Crippen LogP contribution in [0.25, 0.3) is 0 Å². The molecule has 0 saturated carbocycles. The molecule has 2 aromatic rings. The lowest BCUT2D eigenvalue weighted by Crippen LogP contribution is -2.50. The lowest BCUT2D eigenvalue weighted by atomic mass is 10.2. The average molecular weight is 378 g/mol. The summed E-state index contributed by atoms with van der Waals surface area (Å²) >= 11 is 0. The van der Waals surface area contributed by atoms with Gasteiger partial charge in [0.05, 0.1) is 5.69 Å². The number of para-hydroxylation sites is 2. The van der Waals surface area contributed by atoms with Gasteiger partial charge in [0.25, 0.3) is 6.43 Å². The van der Waals surface area contributed by atoms with Gasteiger partial charge in [0, 0.05) is 32.4 Å². The highest BCUT2D eigenvalue weighted by Gasteiger charge is 2.23. The Balaban J connectivity index is 1.58. The van der Waals surface area contributed by atoms with E-state index in [0.29, 0.717) is 26.2 Å². The number of phenolic OH excluding ortho intramolecular Hbond substituents is 1. The molecule has 0 unspecified atom stereocenters. The van der Waals surface area contributed by atoms with E-state index in [2.05, 4.69) is 10.3 Å². The number of hydrogen-bond donors (Lipinski definition) is 2. The summed E-state index contributed by atoms with van der Waals surface area (Å²) in [6.45, 7) is 1.24. The third-order valence-electron chi connectivity index (χ3n) is 4.15. The molecule has 9 heteroatoms. The minimum Gasteiger partial charge on any atom is -0.506 e. The number of nitrogens with one attached hydrogen (secondary N) is 1. The van der Waals surface area contributed by atoms with Gasteiger partial charge >= 0.3 is 6.03 Å². The summed E-state index contributed by atoms with van der Waals surface area (Å²) in [4.78, 5) is 20.0. The molecule has 2 N–H and O–H groups in total. The largest absolute Gasteiger partial charge is 0.506 e. The normalized spacial score (nSPS) is 14.3. The molecule has 1 aromatic carbocycles. The summed E-state index contributed by atoms with van der Waals surface area (Å²) in [6, 6.07) is 9.82. The molecule has 1 aliphatic heterocycles. The zero-order valence-electron chi connectivity index (χ0n) is 14.5. The quantitative estimate of drug-likeness (QED) is 0.837. The predicted molar refractivity (Wildman–Crippen MR) is 96.6 cm³/mol. The molecular formula is C18H20F2N4O3. The van der Waals surface area contributed by atoms with Crippen LogP contribution >= 0.6 is 0 Å². The maximum Gasteiger partial charge on any atom is 0.322 e. The van der Waals surface area contributed by atoms with E-state index in [-0.39, 0.29) is 23.3 Å². The van der Waals surface area contributed by atoms with Crippen LogP contribution in [0.2, 0.25) is 0 Å². The first-order chi connectivity index (χ1) is 13.0. The molecule has 1 saturated heterocycles. The number of carbonyl (C=O) groups is 1. The molecule has 27 heavy (non-hydrogen) atoms. The van der Waals surface area contributed by atoms with Gasteiger partial charge in [0.1, 0.15) is 11.4 Å². The first-order valence-corrected chi connectivity index (χ1v) is 8.49. The van der Waals surface area contributed by atoms with Crippen molar-refractivity contribution in [1.29, 1.82) is 0 Å². The molecule has 7 nitrogen and oxygen atoms in total. The van der Waals surface area contributed by atoms with E-state index in [4.69, 9.17) is 4.74 Å². The highest BCUT2D eigenvalue weighted by molar-refractivity contribution is 5.90. The van der Waals surface area contributed by atoms with Crippen molar-refractivity contribution in [3.05, 3.63) is 42.6 Å². The van der Waals surface area contributed by atoms with Crippen LogP contribution in [0.3, 0.4) is 0 Å². The summed E-state index contributed by atoms with van der Waals surface area (Å²) in [5.74, 6) is 0.158. The van der Waals surface area contributed by atoms with Gasteiger partial charge in [-0.25, -0.2) is 18.6 Å². The number of benzene rings is 1. The Kier molecular flexibility index (Phi) is 5.90. The van der Waals surface area contributed by atoms with Gasteiger partial charge in [-0.3, -0.25) is 0 Å². The number of aromatic hydroxyl groups is 1. The number of ether oxygens (including phenoxy) is 1. The van der Waals surface area contributed by atoms with E-state index in [0.717, 1.165) is 5.69 Å². The minimum absolute atomic E-state index is 0.0426. The molecule has 0 radical (unpaired) electrons. The fraction of sp³-hybridized carbons (Fsp3) is 0.333. The van der Waals surface area contributed by atoms with E-state index >= 15 is 0 Å². The van der Waals surface area contributed by atoms with E-state index < -0.39 is 13.0 Å². The first-order valence-electron chi connectivity index (χ1n) is 8.49. The van der Waals surface area contributed by atoms with Crippen molar-refractivity contribution in [2.45, 2.75) is 6.43 Å². The minimum atomic E-state index is -2.63. The SMILES string of the molecule is O=C(Nc1cccnc1OCC(F)F)N1CCN(c2ccccc2O)CC1. The number of hydrogen-bond acceptors (Lipinski definition) is 5. The Morgan fingerprint density at radius 1 is 1.19 bits per heavy atom. The molecular weight excluding hydrogens is 358 g/mol. The number of anilines is 2. The van der Waals surface area contributed by atoms with Crippen LogP contribution in [0.4, 0.5) is 25.0 Å². The van der Waals surface area contributed by atoms with Gasteiger partial charge in [0.2, 0.25) is 5.88 Å². The molecule has 2 amide bonds. The Morgan fingerprint density at radius 3 is 2.63 bits per heavy atom. The van der Waals surface area contributed by atoms with Gasteiger partial charge in [0.15, 0.2) is 6.61 Å². The second kappa shape index (κ2) is 8.52. The number of piperazine rings is 1. The fourth-order valence-corrected chi connectivity index (χ4v) is 2.82. The lowest BCUT2D eigenvalue weighted by Gasteiger charge is -2.36. The third-order valence-corrected chi connectivity index (χ3v) is 4.15. The third kappa shape index (κ3) is 4.75. The van der Waals surface area contributed by atoms with Crippen LogP contribution in [-0.2, 0) is 0 Å². The highest BCUT2D eigenvalue weighted by Crippen LogP contribution is 2.27. The van der Waals surface area contributed by atoms with Crippen molar-refractivity contribution in [3.8, 4) is 11.6 Å². The van der Waals surface area contributed by atoms with Crippen LogP contribution in [0.5, 0.6) is 11.6 Å². The molecule has 144 valence electrons. The smallest absolute Gasteiger partial charge is 0.322 e. The van der Waals surface area contributed by atoms with Crippen LogP contribution in [-0.4, -0.2) is 60.2 Å². The van der Waals surface area contributed by atoms with Crippen molar-refractivity contribution in [2.24, 2.45) is 0 Å². The molecule has 0 bridgehead atoms. The maximum atomic E-state index is 12.5. The van der Waals surface area contributed by atoms with Crippen LogP contribution in [0, 0.1) is 0 Å². The lowest BCUT2D eigenvalue weighted by molar-refractivity contribution is 0.0800. The molecule has 2 heterocycles. The van der Waals surface area contributed by atoms with Crippen molar-refractivity contribution >= 4 is 17.4 Å². The van der Waals surface area contributed by atoms with Gasteiger partial charge in [-0.05, 0) is 24.3 Å². The molecule has 0 aliphatic carbocycles. The number of rotatable bonds is 5. The van der Waals surface area contributed by atoms with E-state index in [1.165, 1.54) is 6.20 Å². The van der Waals surface area contributed by atoms with Crippen molar-refractivity contribution in [1.82, 2.24) is 9.88 Å². The Labute approximate surface area is 155 Å². The number of aromatic nitrogens is 1. The molecule has 3 rings (SSSR count). The number of carbonyl (C=O) groups excluding carboxylic acids is 1. The van der Waals surface area contributed by atoms with Crippen molar-refractivity contribution < 1.29 is 23.4 Å². The molecule has 1 fully saturated rings. The monoisotopic (exact) mass is 378 g/mol. The summed E-state index contributed by atoms with van der Waals surface area (Å²) in [5, 5.41) is 12.6. The van der Waals surface area contributed by atoms with Crippen molar-refractivity contribution in [2.75, 3.05) is 43.0 Å². The zero-order valence-corrected chi connectivity index (χ0v) is 14.5. The second-order valence-corrected chi connectivity index (χ2v) is 5.95.